The van der Waals surface area contributed by atoms with Gasteiger partial charge >= 0.3 is 5.97 Å². The Morgan fingerprint density at radius 1 is 0.900 bits per heavy atom. The minimum absolute atomic E-state index is 0.845. The van der Waals surface area contributed by atoms with Gasteiger partial charge in [0.2, 0.25) is 0 Å². The second-order valence-electron chi connectivity index (χ2n) is 6.83. The van der Waals surface area contributed by atoms with Gasteiger partial charge in [-0.25, -0.2) is 4.79 Å². The zero-order valence-electron chi connectivity index (χ0n) is 16.4. The van der Waals surface area contributed by atoms with Crippen LogP contribution in [0.5, 0.6) is 0 Å². The van der Waals surface area contributed by atoms with E-state index in [4.69, 9.17) is 5.11 Å². The molecule has 0 radical (unpaired) electrons. The van der Waals surface area contributed by atoms with Crippen LogP contribution < -0.4 is 0 Å². The number of aliphatic carboxylic acids is 1. The summed E-state index contributed by atoms with van der Waals surface area (Å²) in [5.74, 6) is -0.956. The van der Waals surface area contributed by atoms with Crippen molar-refractivity contribution in [2.24, 2.45) is 0 Å². The van der Waals surface area contributed by atoms with Crippen LogP contribution in [0.15, 0.2) is 78.9 Å². The van der Waals surface area contributed by atoms with Crippen LogP contribution in [0.25, 0.3) is 28.3 Å². The van der Waals surface area contributed by atoms with Crippen molar-refractivity contribution in [2.45, 2.75) is 13.3 Å². The zero-order chi connectivity index (χ0) is 20.9. The van der Waals surface area contributed by atoms with Crippen LogP contribution in [0.3, 0.4) is 0 Å². The minimum Gasteiger partial charge on any atom is -0.478 e. The summed E-state index contributed by atoms with van der Waals surface area (Å²) >= 11 is 1.22. The summed E-state index contributed by atoms with van der Waals surface area (Å²) in [5, 5.41) is 8.86. The lowest BCUT2D eigenvalue weighted by atomic mass is 9.88. The Morgan fingerprint density at radius 2 is 1.60 bits per heavy atom. The SMILES string of the molecule is CCC(=C(c1ccc(C=CC(=O)O)cc1)c1ccc2nsnc2c1)c1ccccc1. The number of fused-ring (bicyclic) bond motifs is 1. The minimum atomic E-state index is -0.956. The Labute approximate surface area is 179 Å². The maximum atomic E-state index is 10.8. The zero-order valence-corrected chi connectivity index (χ0v) is 17.3. The first-order chi connectivity index (χ1) is 14.7. The summed E-state index contributed by atoms with van der Waals surface area (Å²) in [5.41, 5.74) is 8.36. The normalized spacial score (nSPS) is 12.3. The molecule has 1 heterocycles. The van der Waals surface area contributed by atoms with Gasteiger partial charge in [0.05, 0.1) is 11.7 Å². The van der Waals surface area contributed by atoms with Gasteiger partial charge in [0, 0.05) is 6.08 Å². The molecule has 0 aliphatic heterocycles. The van der Waals surface area contributed by atoms with E-state index in [2.05, 4.69) is 52.1 Å². The van der Waals surface area contributed by atoms with Crippen LogP contribution in [-0.2, 0) is 4.79 Å². The van der Waals surface area contributed by atoms with E-state index in [-0.39, 0.29) is 0 Å². The molecule has 5 heteroatoms. The Morgan fingerprint density at radius 3 is 2.30 bits per heavy atom. The summed E-state index contributed by atoms with van der Waals surface area (Å²) in [6.07, 6.45) is 3.62. The Hall–Kier alpha value is -3.57. The molecule has 0 bridgehead atoms. The highest BCUT2D eigenvalue weighted by molar-refractivity contribution is 7.00. The number of rotatable bonds is 6. The molecular weight excluding hydrogens is 392 g/mol. The van der Waals surface area contributed by atoms with Crippen molar-refractivity contribution in [3.05, 3.63) is 101 Å². The van der Waals surface area contributed by atoms with E-state index in [9.17, 15) is 4.79 Å². The van der Waals surface area contributed by atoms with E-state index < -0.39 is 5.97 Å². The molecule has 0 aliphatic carbocycles. The Kier molecular flexibility index (Phi) is 5.82. The fourth-order valence-electron chi connectivity index (χ4n) is 3.55. The molecule has 148 valence electrons. The Bertz CT molecular complexity index is 1240. The maximum absolute atomic E-state index is 10.8. The van der Waals surface area contributed by atoms with E-state index in [1.54, 1.807) is 6.08 Å². The van der Waals surface area contributed by atoms with Crippen molar-refractivity contribution < 1.29 is 9.90 Å². The quantitative estimate of drug-likeness (QED) is 0.304. The largest absolute Gasteiger partial charge is 0.478 e. The first-order valence-corrected chi connectivity index (χ1v) is 10.4. The molecule has 0 spiro atoms. The van der Waals surface area contributed by atoms with Gasteiger partial charge in [0.1, 0.15) is 11.0 Å². The molecule has 4 rings (SSSR count). The molecule has 0 unspecified atom stereocenters. The van der Waals surface area contributed by atoms with Crippen LogP contribution >= 0.6 is 11.7 Å². The van der Waals surface area contributed by atoms with E-state index in [0.29, 0.717) is 0 Å². The molecule has 0 atom stereocenters. The Balaban J connectivity index is 1.89. The van der Waals surface area contributed by atoms with Crippen LogP contribution in [0.1, 0.15) is 35.6 Å². The summed E-state index contributed by atoms with van der Waals surface area (Å²) in [6.45, 7) is 2.16. The molecular formula is C25H20N2O2S. The number of hydrogen-bond acceptors (Lipinski definition) is 4. The van der Waals surface area contributed by atoms with Crippen molar-refractivity contribution in [3.63, 3.8) is 0 Å². The van der Waals surface area contributed by atoms with Crippen molar-refractivity contribution in [3.8, 4) is 0 Å². The lowest BCUT2D eigenvalue weighted by Gasteiger charge is -2.16. The summed E-state index contributed by atoms with van der Waals surface area (Å²) in [6, 6.07) is 24.5. The van der Waals surface area contributed by atoms with Crippen molar-refractivity contribution in [1.29, 1.82) is 0 Å². The lowest BCUT2D eigenvalue weighted by molar-refractivity contribution is -0.131. The van der Waals surface area contributed by atoms with Gasteiger partial charge in [-0.1, -0.05) is 67.6 Å². The number of nitrogens with zero attached hydrogens (tertiary/aromatic N) is 2. The smallest absolute Gasteiger partial charge is 0.328 e. The topological polar surface area (TPSA) is 63.1 Å². The second kappa shape index (κ2) is 8.84. The van der Waals surface area contributed by atoms with Crippen molar-refractivity contribution in [2.75, 3.05) is 0 Å². The standard InChI is InChI=1S/C25H20N2O2S/c1-2-21(18-6-4-3-5-7-18)25(20-13-14-22-23(16-20)27-30-26-22)19-11-8-17(9-12-19)10-15-24(28)29/h3-16H,2H2,1H3,(H,28,29). The number of carbonyl (C=O) groups is 1. The number of carboxylic acids is 1. The molecule has 0 amide bonds. The van der Waals surface area contributed by atoms with Gasteiger partial charge in [-0.3, -0.25) is 0 Å². The highest BCUT2D eigenvalue weighted by atomic mass is 32.1. The molecule has 0 saturated heterocycles. The number of aromatic nitrogens is 2. The van der Waals surface area contributed by atoms with Crippen LogP contribution in [0.2, 0.25) is 0 Å². The van der Waals surface area contributed by atoms with Gasteiger partial charge < -0.3 is 5.11 Å². The third kappa shape index (κ3) is 4.21. The fraction of sp³-hybridized carbons (Fsp3) is 0.0800. The molecule has 30 heavy (non-hydrogen) atoms. The van der Waals surface area contributed by atoms with Crippen LogP contribution in [0, 0.1) is 0 Å². The van der Waals surface area contributed by atoms with Crippen molar-refractivity contribution in [1.82, 2.24) is 8.75 Å². The monoisotopic (exact) mass is 412 g/mol. The number of allylic oxidation sites excluding steroid dienone is 1. The van der Waals surface area contributed by atoms with Gasteiger partial charge in [-0.05, 0) is 58.0 Å². The van der Waals surface area contributed by atoms with Gasteiger partial charge in [0.15, 0.2) is 0 Å². The molecule has 3 aromatic carbocycles. The first kappa shape index (κ1) is 19.7. The average molecular weight is 413 g/mol. The van der Waals surface area contributed by atoms with E-state index in [0.717, 1.165) is 45.8 Å². The van der Waals surface area contributed by atoms with Gasteiger partial charge in [0.25, 0.3) is 0 Å². The molecule has 0 aliphatic rings. The molecule has 1 N–H and O–H groups in total. The molecule has 4 nitrogen and oxygen atoms in total. The van der Waals surface area contributed by atoms with E-state index in [1.165, 1.54) is 22.9 Å². The first-order valence-electron chi connectivity index (χ1n) is 9.68. The number of benzene rings is 3. The van der Waals surface area contributed by atoms with E-state index >= 15 is 0 Å². The van der Waals surface area contributed by atoms with Crippen LogP contribution in [0.4, 0.5) is 0 Å². The predicted octanol–water partition coefficient (Wildman–Crippen LogP) is 6.16. The number of hydrogen-bond donors (Lipinski definition) is 1. The maximum Gasteiger partial charge on any atom is 0.328 e. The molecule has 0 fully saturated rings. The van der Waals surface area contributed by atoms with Crippen LogP contribution in [-0.4, -0.2) is 19.8 Å². The highest BCUT2D eigenvalue weighted by Crippen LogP contribution is 2.35. The lowest BCUT2D eigenvalue weighted by Crippen LogP contribution is -1.95. The molecule has 0 saturated carbocycles. The highest BCUT2D eigenvalue weighted by Gasteiger charge is 2.14. The summed E-state index contributed by atoms with van der Waals surface area (Å²) < 4.78 is 8.73. The third-order valence-electron chi connectivity index (χ3n) is 4.94. The summed E-state index contributed by atoms with van der Waals surface area (Å²) in [7, 11) is 0. The predicted molar refractivity (Wildman–Crippen MR) is 123 cm³/mol. The van der Waals surface area contributed by atoms with Gasteiger partial charge in [-0.2, -0.15) is 8.75 Å². The number of carboxylic acid groups (broad SMARTS) is 1. The third-order valence-corrected chi connectivity index (χ3v) is 5.49. The molecule has 4 aromatic rings. The van der Waals surface area contributed by atoms with E-state index in [1.807, 2.05) is 36.4 Å². The van der Waals surface area contributed by atoms with Gasteiger partial charge in [-0.15, -0.1) is 0 Å². The summed E-state index contributed by atoms with van der Waals surface area (Å²) in [4.78, 5) is 10.8. The fourth-order valence-corrected chi connectivity index (χ4v) is 4.06. The van der Waals surface area contributed by atoms with Crippen molar-refractivity contribution >= 4 is 46.0 Å². The average Bonchev–Trinajstić information content (AvgIpc) is 3.25. The second-order valence-corrected chi connectivity index (χ2v) is 7.36. The molecule has 1 aromatic heterocycles.